The summed E-state index contributed by atoms with van der Waals surface area (Å²) in [6.07, 6.45) is 5.18. The normalized spacial score (nSPS) is 21.0. The molecule has 0 bridgehead atoms. The van der Waals surface area contributed by atoms with Crippen molar-refractivity contribution in [2.45, 2.75) is 38.1 Å². The molecule has 2 aliphatic heterocycles. The Labute approximate surface area is 159 Å². The van der Waals surface area contributed by atoms with Crippen molar-refractivity contribution >= 4 is 29.2 Å². The Morgan fingerprint density at radius 2 is 1.88 bits per heavy atom. The molecule has 2 saturated heterocycles. The minimum Gasteiger partial charge on any atom is -0.338 e. The van der Waals surface area contributed by atoms with Crippen LogP contribution >= 0.6 is 11.6 Å². The summed E-state index contributed by atoms with van der Waals surface area (Å²) in [6, 6.07) is 6.81. The third-order valence-electron chi connectivity index (χ3n) is 4.98. The lowest BCUT2D eigenvalue weighted by Gasteiger charge is -2.26. The minimum absolute atomic E-state index is 0.0164. The van der Waals surface area contributed by atoms with Crippen molar-refractivity contribution in [2.75, 3.05) is 37.6 Å². The summed E-state index contributed by atoms with van der Waals surface area (Å²) in [7, 11) is 0. The molecule has 2 N–H and O–H groups in total. The average molecular weight is 379 g/mol. The zero-order valence-electron chi connectivity index (χ0n) is 15.0. The highest BCUT2D eigenvalue weighted by molar-refractivity contribution is 6.30. The summed E-state index contributed by atoms with van der Waals surface area (Å²) in [4.78, 5) is 28.4. The summed E-state index contributed by atoms with van der Waals surface area (Å²) in [5, 5.41) is 6.45. The van der Waals surface area contributed by atoms with Crippen LogP contribution in [0.3, 0.4) is 0 Å². The molecule has 0 aromatic heterocycles. The Balaban J connectivity index is 1.36. The first kappa shape index (κ1) is 19.0. The van der Waals surface area contributed by atoms with E-state index in [1.165, 1.54) is 32.4 Å². The molecule has 1 aromatic carbocycles. The van der Waals surface area contributed by atoms with E-state index in [1.807, 2.05) is 12.1 Å². The SMILES string of the molecule is O=C(NCCCN1CCCCC1)N[C@H]1CC(=O)N(c2ccc(Cl)cc2)C1. The van der Waals surface area contributed by atoms with Gasteiger partial charge in [0.05, 0.1) is 6.04 Å². The van der Waals surface area contributed by atoms with Crippen LogP contribution in [0.15, 0.2) is 24.3 Å². The Hall–Kier alpha value is -1.79. The van der Waals surface area contributed by atoms with Crippen molar-refractivity contribution in [1.82, 2.24) is 15.5 Å². The Morgan fingerprint density at radius 3 is 2.62 bits per heavy atom. The molecule has 0 radical (unpaired) electrons. The van der Waals surface area contributed by atoms with Gasteiger partial charge in [-0.15, -0.1) is 0 Å². The monoisotopic (exact) mass is 378 g/mol. The van der Waals surface area contributed by atoms with Gasteiger partial charge in [-0.2, -0.15) is 0 Å². The molecule has 2 aliphatic rings. The van der Waals surface area contributed by atoms with Crippen LogP contribution in [0.2, 0.25) is 5.02 Å². The van der Waals surface area contributed by atoms with Gasteiger partial charge >= 0.3 is 6.03 Å². The van der Waals surface area contributed by atoms with Gasteiger partial charge in [-0.25, -0.2) is 4.79 Å². The maximum absolute atomic E-state index is 12.2. The number of rotatable bonds is 6. The van der Waals surface area contributed by atoms with E-state index in [0.717, 1.165) is 18.7 Å². The topological polar surface area (TPSA) is 64.7 Å². The molecule has 3 amide bonds. The largest absolute Gasteiger partial charge is 0.338 e. The van der Waals surface area contributed by atoms with Crippen LogP contribution in [0.4, 0.5) is 10.5 Å². The molecule has 0 spiro atoms. The number of carbonyl (C=O) groups is 2. The van der Waals surface area contributed by atoms with Gasteiger partial charge in [0.25, 0.3) is 0 Å². The highest BCUT2D eigenvalue weighted by Gasteiger charge is 2.31. The van der Waals surface area contributed by atoms with Crippen LogP contribution in [0.1, 0.15) is 32.1 Å². The number of carbonyl (C=O) groups excluding carboxylic acids is 2. The molecule has 26 heavy (non-hydrogen) atoms. The maximum atomic E-state index is 12.2. The lowest BCUT2D eigenvalue weighted by atomic mass is 10.1. The fourth-order valence-corrected chi connectivity index (χ4v) is 3.72. The van der Waals surface area contributed by atoms with Gasteiger partial charge in [-0.05, 0) is 63.2 Å². The highest BCUT2D eigenvalue weighted by Crippen LogP contribution is 2.23. The molecule has 6 nitrogen and oxygen atoms in total. The van der Waals surface area contributed by atoms with E-state index in [0.29, 0.717) is 24.5 Å². The predicted octanol–water partition coefficient (Wildman–Crippen LogP) is 2.62. The quantitative estimate of drug-likeness (QED) is 0.748. The fourth-order valence-electron chi connectivity index (χ4n) is 3.60. The van der Waals surface area contributed by atoms with Gasteiger partial charge in [0.15, 0.2) is 0 Å². The van der Waals surface area contributed by atoms with Gasteiger partial charge in [0.2, 0.25) is 5.91 Å². The summed E-state index contributed by atoms with van der Waals surface area (Å²) in [6.45, 7) is 4.53. The van der Waals surface area contributed by atoms with Crippen molar-refractivity contribution < 1.29 is 9.59 Å². The standard InChI is InChI=1S/C19H27ClN4O2/c20-15-5-7-17(8-6-15)24-14-16(13-18(24)25)22-19(26)21-9-4-12-23-10-2-1-3-11-23/h5-8,16H,1-4,9-14H2,(H2,21,22,26)/t16-/m0/s1. The maximum Gasteiger partial charge on any atom is 0.315 e. The van der Waals surface area contributed by atoms with Crippen molar-refractivity contribution in [1.29, 1.82) is 0 Å². The van der Waals surface area contributed by atoms with Crippen LogP contribution in [-0.2, 0) is 4.79 Å². The lowest BCUT2D eigenvalue weighted by Crippen LogP contribution is -2.44. The second-order valence-corrected chi connectivity index (χ2v) is 7.47. The molecule has 2 fully saturated rings. The first-order valence-corrected chi connectivity index (χ1v) is 9.82. The number of benzene rings is 1. The first-order valence-electron chi connectivity index (χ1n) is 9.44. The number of amides is 3. The molecule has 2 heterocycles. The van der Waals surface area contributed by atoms with Crippen LogP contribution < -0.4 is 15.5 Å². The summed E-state index contributed by atoms with van der Waals surface area (Å²) < 4.78 is 0. The third kappa shape index (κ3) is 5.35. The number of anilines is 1. The molecule has 0 unspecified atom stereocenters. The van der Waals surface area contributed by atoms with E-state index in [-0.39, 0.29) is 18.0 Å². The number of nitrogens with one attached hydrogen (secondary N) is 2. The zero-order valence-corrected chi connectivity index (χ0v) is 15.8. The van der Waals surface area contributed by atoms with Gasteiger partial charge in [-0.3, -0.25) is 4.79 Å². The number of piperidine rings is 1. The Bertz CT molecular complexity index is 616. The second-order valence-electron chi connectivity index (χ2n) is 7.04. The van der Waals surface area contributed by atoms with E-state index in [9.17, 15) is 9.59 Å². The van der Waals surface area contributed by atoms with E-state index in [2.05, 4.69) is 15.5 Å². The van der Waals surface area contributed by atoms with Gasteiger partial charge in [0, 0.05) is 30.2 Å². The minimum atomic E-state index is -0.195. The number of nitrogens with zero attached hydrogens (tertiary/aromatic N) is 2. The summed E-state index contributed by atoms with van der Waals surface area (Å²) >= 11 is 5.89. The molecular formula is C19H27ClN4O2. The Morgan fingerprint density at radius 1 is 1.15 bits per heavy atom. The molecule has 3 rings (SSSR count). The summed E-state index contributed by atoms with van der Waals surface area (Å²) in [5.74, 6) is 0.0164. The Kier molecular flexibility index (Phi) is 6.74. The van der Waals surface area contributed by atoms with E-state index < -0.39 is 0 Å². The van der Waals surface area contributed by atoms with Crippen LogP contribution in [-0.4, -0.2) is 55.6 Å². The van der Waals surface area contributed by atoms with Crippen molar-refractivity contribution in [3.63, 3.8) is 0 Å². The second kappa shape index (κ2) is 9.24. The third-order valence-corrected chi connectivity index (χ3v) is 5.24. The molecule has 0 saturated carbocycles. The van der Waals surface area contributed by atoms with Crippen molar-refractivity contribution in [2.24, 2.45) is 0 Å². The highest BCUT2D eigenvalue weighted by atomic mass is 35.5. The van der Waals surface area contributed by atoms with Crippen molar-refractivity contribution in [3.05, 3.63) is 29.3 Å². The number of likely N-dealkylation sites (tertiary alicyclic amines) is 1. The molecule has 1 aromatic rings. The van der Waals surface area contributed by atoms with Crippen LogP contribution in [0.25, 0.3) is 0 Å². The van der Waals surface area contributed by atoms with Gasteiger partial charge < -0.3 is 20.4 Å². The molecular weight excluding hydrogens is 352 g/mol. The van der Waals surface area contributed by atoms with Crippen LogP contribution in [0.5, 0.6) is 0 Å². The van der Waals surface area contributed by atoms with Crippen molar-refractivity contribution in [3.8, 4) is 0 Å². The summed E-state index contributed by atoms with van der Waals surface area (Å²) in [5.41, 5.74) is 0.811. The molecule has 0 aliphatic carbocycles. The number of hydrogen-bond acceptors (Lipinski definition) is 3. The smallest absolute Gasteiger partial charge is 0.315 e. The number of halogens is 1. The molecule has 1 atom stereocenters. The zero-order chi connectivity index (χ0) is 18.4. The number of hydrogen-bond donors (Lipinski definition) is 2. The first-order chi connectivity index (χ1) is 12.6. The lowest BCUT2D eigenvalue weighted by molar-refractivity contribution is -0.117. The van der Waals surface area contributed by atoms with E-state index >= 15 is 0 Å². The van der Waals surface area contributed by atoms with Gasteiger partial charge in [-0.1, -0.05) is 18.0 Å². The van der Waals surface area contributed by atoms with E-state index in [1.54, 1.807) is 17.0 Å². The molecule has 7 heteroatoms. The molecule has 142 valence electrons. The fraction of sp³-hybridized carbons (Fsp3) is 0.579. The van der Waals surface area contributed by atoms with E-state index in [4.69, 9.17) is 11.6 Å². The van der Waals surface area contributed by atoms with Gasteiger partial charge in [0.1, 0.15) is 0 Å². The average Bonchev–Trinajstić information content (AvgIpc) is 3.00. The predicted molar refractivity (Wildman–Crippen MR) is 104 cm³/mol. The number of urea groups is 1. The van der Waals surface area contributed by atoms with Crippen LogP contribution in [0, 0.1) is 0 Å².